The molecule has 1 aromatic carbocycles. The van der Waals surface area contributed by atoms with E-state index in [0.29, 0.717) is 12.8 Å². The van der Waals surface area contributed by atoms with Gasteiger partial charge < -0.3 is 29.5 Å². The molecule has 7 nitrogen and oxygen atoms in total. The number of ether oxygens (including phenoxy) is 3. The predicted octanol–water partition coefficient (Wildman–Crippen LogP) is 2.00. The highest BCUT2D eigenvalue weighted by Crippen LogP contribution is 2.74. The van der Waals surface area contributed by atoms with E-state index < -0.39 is 46.2 Å². The quantitative estimate of drug-likeness (QED) is 0.498. The van der Waals surface area contributed by atoms with E-state index in [-0.39, 0.29) is 18.9 Å². The summed E-state index contributed by atoms with van der Waals surface area (Å²) in [5, 5.41) is 35.1. The van der Waals surface area contributed by atoms with Gasteiger partial charge in [-0.1, -0.05) is 44.2 Å². The van der Waals surface area contributed by atoms with Crippen LogP contribution < -0.4 is 0 Å². The minimum absolute atomic E-state index is 0.00774. The molecule has 5 fully saturated rings. The molecule has 168 valence electrons. The molecule has 2 aliphatic carbocycles. The number of carbonyl (C=O) groups excluding carboxylic acids is 1. The molecule has 1 aromatic rings. The van der Waals surface area contributed by atoms with Crippen LogP contribution in [0.15, 0.2) is 36.4 Å². The number of carbonyl (C=O) groups is 1. The van der Waals surface area contributed by atoms with Gasteiger partial charge in [0.1, 0.15) is 11.7 Å². The Morgan fingerprint density at radius 3 is 2.65 bits per heavy atom. The molecule has 1 spiro atoms. The summed E-state index contributed by atoms with van der Waals surface area (Å²) in [6.45, 7) is 5.24. The van der Waals surface area contributed by atoms with E-state index in [0.717, 1.165) is 5.56 Å². The zero-order valence-corrected chi connectivity index (χ0v) is 18.1. The van der Waals surface area contributed by atoms with Crippen molar-refractivity contribution >= 4 is 12.0 Å². The second-order valence-electron chi connectivity index (χ2n) is 10.1. The lowest BCUT2D eigenvalue weighted by atomic mass is 9.43. The summed E-state index contributed by atoms with van der Waals surface area (Å²) in [4.78, 5) is 12.9. The normalized spacial score (nSPS) is 50.5. The number of aliphatic hydroxyl groups is 3. The lowest BCUT2D eigenvalue weighted by Gasteiger charge is -2.69. The van der Waals surface area contributed by atoms with E-state index >= 15 is 0 Å². The Morgan fingerprint density at radius 1 is 1.23 bits per heavy atom. The zero-order valence-electron chi connectivity index (χ0n) is 18.1. The van der Waals surface area contributed by atoms with E-state index in [1.165, 1.54) is 13.0 Å². The molecule has 6 rings (SSSR count). The molecule has 0 aromatic heterocycles. The van der Waals surface area contributed by atoms with Crippen LogP contribution in [0.2, 0.25) is 0 Å². The van der Waals surface area contributed by atoms with E-state index in [9.17, 15) is 20.1 Å². The van der Waals surface area contributed by atoms with Crippen LogP contribution in [0.5, 0.6) is 0 Å². The Bertz CT molecular complexity index is 929. The summed E-state index contributed by atoms with van der Waals surface area (Å²) in [5.41, 5.74) is -4.56. The van der Waals surface area contributed by atoms with Crippen LogP contribution in [-0.2, 0) is 19.0 Å². The maximum absolute atomic E-state index is 12.9. The van der Waals surface area contributed by atoms with E-state index in [2.05, 4.69) is 0 Å². The van der Waals surface area contributed by atoms with Crippen LogP contribution in [0.1, 0.15) is 45.6 Å². The lowest BCUT2D eigenvalue weighted by Crippen LogP contribution is -2.83. The summed E-state index contributed by atoms with van der Waals surface area (Å²) in [6, 6.07) is 9.33. The van der Waals surface area contributed by atoms with Gasteiger partial charge in [0.15, 0.2) is 6.29 Å². The fourth-order valence-corrected chi connectivity index (χ4v) is 6.82. The van der Waals surface area contributed by atoms with Crippen LogP contribution in [0.25, 0.3) is 6.08 Å². The van der Waals surface area contributed by atoms with E-state index in [1.807, 2.05) is 37.3 Å². The summed E-state index contributed by atoms with van der Waals surface area (Å²) in [7, 11) is 0. The SMILES string of the molecule is C[C@@H]1CC[C@@]2(O)[C@]13C[C@@]1(OC(=O)/C=C/c4ccccc4)OC(OC[C@@]2(C)[C@@]1(C)O)[C@@H]3O. The average molecular weight is 430 g/mol. The van der Waals surface area contributed by atoms with Crippen LogP contribution >= 0.6 is 0 Å². The summed E-state index contributed by atoms with van der Waals surface area (Å²) in [6.07, 6.45) is 1.82. The van der Waals surface area contributed by atoms with Gasteiger partial charge in [-0.2, -0.15) is 0 Å². The zero-order chi connectivity index (χ0) is 22.3. The van der Waals surface area contributed by atoms with Crippen LogP contribution in [0, 0.1) is 16.7 Å². The van der Waals surface area contributed by atoms with Crippen molar-refractivity contribution in [3.05, 3.63) is 42.0 Å². The Kier molecular flexibility index (Phi) is 4.35. The molecule has 7 heteroatoms. The van der Waals surface area contributed by atoms with Crippen molar-refractivity contribution in [3.63, 3.8) is 0 Å². The Balaban J connectivity index is 1.58. The number of benzene rings is 1. The second-order valence-corrected chi connectivity index (χ2v) is 10.1. The van der Waals surface area contributed by atoms with Crippen molar-refractivity contribution in [2.24, 2.45) is 16.7 Å². The van der Waals surface area contributed by atoms with Gasteiger partial charge in [0.2, 0.25) is 5.79 Å². The number of hydrogen-bond donors (Lipinski definition) is 3. The molecule has 3 heterocycles. The average Bonchev–Trinajstić information content (AvgIpc) is 2.95. The largest absolute Gasteiger partial charge is 0.427 e. The maximum atomic E-state index is 12.9. The van der Waals surface area contributed by atoms with Crippen LogP contribution in [-0.4, -0.2) is 57.3 Å². The Morgan fingerprint density at radius 2 is 1.94 bits per heavy atom. The molecule has 31 heavy (non-hydrogen) atoms. The predicted molar refractivity (Wildman–Crippen MR) is 110 cm³/mol. The van der Waals surface area contributed by atoms with Crippen molar-refractivity contribution in [2.75, 3.05) is 6.61 Å². The van der Waals surface area contributed by atoms with Crippen molar-refractivity contribution in [1.29, 1.82) is 0 Å². The van der Waals surface area contributed by atoms with Gasteiger partial charge in [0.25, 0.3) is 0 Å². The molecule has 1 unspecified atom stereocenters. The molecule has 8 atom stereocenters. The van der Waals surface area contributed by atoms with Gasteiger partial charge in [0.05, 0.1) is 17.6 Å². The highest BCUT2D eigenvalue weighted by molar-refractivity contribution is 5.87. The maximum Gasteiger partial charge on any atom is 0.333 e. The van der Waals surface area contributed by atoms with Crippen molar-refractivity contribution in [2.45, 2.75) is 69.4 Å². The number of fused-ring (bicyclic) bond motifs is 1. The Hall–Kier alpha value is -1.77. The highest BCUT2D eigenvalue weighted by Gasteiger charge is 2.86. The highest BCUT2D eigenvalue weighted by atomic mass is 16.8. The fourth-order valence-electron chi connectivity index (χ4n) is 6.82. The molecule has 0 radical (unpaired) electrons. The van der Waals surface area contributed by atoms with Crippen LogP contribution in [0.4, 0.5) is 0 Å². The van der Waals surface area contributed by atoms with Crippen molar-refractivity contribution in [3.8, 4) is 0 Å². The second kappa shape index (κ2) is 6.39. The minimum atomic E-state index is -1.76. The summed E-state index contributed by atoms with van der Waals surface area (Å²) in [5.74, 6) is -2.51. The molecule has 3 saturated heterocycles. The first-order valence-electron chi connectivity index (χ1n) is 10.9. The monoisotopic (exact) mass is 430 g/mol. The lowest BCUT2D eigenvalue weighted by molar-refractivity contribution is -0.446. The molecule has 5 aliphatic rings. The van der Waals surface area contributed by atoms with Gasteiger partial charge in [-0.05, 0) is 37.3 Å². The third-order valence-electron chi connectivity index (χ3n) is 8.95. The first-order valence-corrected chi connectivity index (χ1v) is 10.9. The molecule has 0 amide bonds. The van der Waals surface area contributed by atoms with E-state index in [1.54, 1.807) is 13.0 Å². The molecular weight excluding hydrogens is 400 g/mol. The number of hydrogen-bond acceptors (Lipinski definition) is 7. The van der Waals surface area contributed by atoms with Crippen molar-refractivity contribution in [1.82, 2.24) is 0 Å². The Labute approximate surface area is 181 Å². The van der Waals surface area contributed by atoms with Gasteiger partial charge in [-0.15, -0.1) is 0 Å². The molecular formula is C24H30O7. The molecule has 2 saturated carbocycles. The number of esters is 1. The topological polar surface area (TPSA) is 105 Å². The first kappa shape index (κ1) is 21.1. The number of aliphatic hydroxyl groups excluding tert-OH is 1. The van der Waals surface area contributed by atoms with Gasteiger partial charge in [0, 0.05) is 17.9 Å². The van der Waals surface area contributed by atoms with E-state index in [4.69, 9.17) is 14.2 Å². The summed E-state index contributed by atoms with van der Waals surface area (Å²) >= 11 is 0. The fraction of sp³-hybridized carbons (Fsp3) is 0.625. The number of rotatable bonds is 3. The molecule has 4 bridgehead atoms. The van der Waals surface area contributed by atoms with Gasteiger partial charge in [-0.25, -0.2) is 4.79 Å². The van der Waals surface area contributed by atoms with Crippen LogP contribution in [0.3, 0.4) is 0 Å². The van der Waals surface area contributed by atoms with Gasteiger partial charge in [-0.3, -0.25) is 0 Å². The smallest absolute Gasteiger partial charge is 0.333 e. The molecule has 3 aliphatic heterocycles. The first-order chi connectivity index (χ1) is 14.5. The van der Waals surface area contributed by atoms with Gasteiger partial charge >= 0.3 is 5.97 Å². The minimum Gasteiger partial charge on any atom is -0.427 e. The molecule has 3 N–H and O–H groups in total. The van der Waals surface area contributed by atoms with Crippen molar-refractivity contribution < 1.29 is 34.3 Å². The third-order valence-corrected chi connectivity index (χ3v) is 8.95. The standard InChI is InChI=1S/C24H30O7/c1-15-11-12-23(28)20(2)14-29-19-18(26)22(15,23)13-24(31-19,21(20,3)27)30-17(25)10-9-16-7-5-4-6-8-16/h4-10,15,18-19,26-28H,11-14H2,1-3H3/b10-9+/t15-,18+,19?,20+,21-,22-,23+,24-/m1/s1. The summed E-state index contributed by atoms with van der Waals surface area (Å²) < 4.78 is 17.8. The third kappa shape index (κ3) is 2.33.